The lowest BCUT2D eigenvalue weighted by atomic mass is 10.2. The Labute approximate surface area is 113 Å². The number of aromatic nitrogens is 2. The third-order valence-electron chi connectivity index (χ3n) is 2.95. The van der Waals surface area contributed by atoms with Crippen molar-refractivity contribution in [1.82, 2.24) is 10.1 Å². The summed E-state index contributed by atoms with van der Waals surface area (Å²) in [5.41, 5.74) is 2.70. The van der Waals surface area contributed by atoms with Crippen LogP contribution in [0.4, 0.5) is 9.52 Å². The van der Waals surface area contributed by atoms with E-state index < -0.39 is 0 Å². The number of thiazole rings is 1. The first kappa shape index (κ1) is 12.1. The van der Waals surface area contributed by atoms with E-state index in [4.69, 9.17) is 4.52 Å². The molecule has 98 valence electrons. The van der Waals surface area contributed by atoms with Crippen LogP contribution in [0.25, 0.3) is 10.2 Å². The SMILES string of the molecule is Cc1noc(C)c1CNc1nc2ccc(F)cc2s1. The van der Waals surface area contributed by atoms with Gasteiger partial charge in [0.05, 0.1) is 15.9 Å². The number of nitrogens with zero attached hydrogens (tertiary/aromatic N) is 2. The predicted molar refractivity (Wildman–Crippen MR) is 72.9 cm³/mol. The van der Waals surface area contributed by atoms with Crippen LogP contribution in [-0.2, 0) is 6.54 Å². The van der Waals surface area contributed by atoms with E-state index in [1.807, 2.05) is 13.8 Å². The van der Waals surface area contributed by atoms with E-state index in [1.54, 1.807) is 6.07 Å². The van der Waals surface area contributed by atoms with E-state index in [1.165, 1.54) is 23.5 Å². The Hall–Kier alpha value is -1.95. The molecule has 0 spiro atoms. The number of benzene rings is 1. The molecule has 3 aromatic rings. The van der Waals surface area contributed by atoms with Gasteiger partial charge in [-0.15, -0.1) is 0 Å². The number of fused-ring (bicyclic) bond motifs is 1. The molecule has 0 aliphatic carbocycles. The van der Waals surface area contributed by atoms with Crippen molar-refractivity contribution >= 4 is 26.7 Å². The van der Waals surface area contributed by atoms with Crippen LogP contribution in [0, 0.1) is 19.7 Å². The summed E-state index contributed by atoms with van der Waals surface area (Å²) < 4.78 is 19.0. The monoisotopic (exact) mass is 277 g/mol. The minimum atomic E-state index is -0.242. The molecule has 0 aliphatic rings. The molecule has 4 nitrogen and oxygen atoms in total. The Morgan fingerprint density at radius 2 is 2.21 bits per heavy atom. The van der Waals surface area contributed by atoms with Gasteiger partial charge in [0.25, 0.3) is 0 Å². The van der Waals surface area contributed by atoms with Gasteiger partial charge in [-0.2, -0.15) is 0 Å². The molecule has 2 heterocycles. The van der Waals surface area contributed by atoms with Crippen molar-refractivity contribution in [3.63, 3.8) is 0 Å². The Morgan fingerprint density at radius 1 is 1.37 bits per heavy atom. The quantitative estimate of drug-likeness (QED) is 0.794. The van der Waals surface area contributed by atoms with E-state index >= 15 is 0 Å². The number of rotatable bonds is 3. The fourth-order valence-electron chi connectivity index (χ4n) is 1.89. The van der Waals surface area contributed by atoms with Gasteiger partial charge in [-0.05, 0) is 32.0 Å². The van der Waals surface area contributed by atoms with Gasteiger partial charge in [0.1, 0.15) is 11.6 Å². The minimum Gasteiger partial charge on any atom is -0.361 e. The number of hydrogen-bond acceptors (Lipinski definition) is 5. The van der Waals surface area contributed by atoms with Crippen molar-refractivity contribution in [3.05, 3.63) is 41.0 Å². The molecule has 0 saturated heterocycles. The maximum atomic E-state index is 13.1. The average molecular weight is 277 g/mol. The molecule has 0 unspecified atom stereocenters. The standard InChI is InChI=1S/C13H12FN3OS/c1-7-10(8(2)18-17-7)6-15-13-16-11-4-3-9(14)5-12(11)19-13/h3-5H,6H2,1-2H3,(H,15,16). The van der Waals surface area contributed by atoms with Crippen molar-refractivity contribution in [2.45, 2.75) is 20.4 Å². The third-order valence-corrected chi connectivity index (χ3v) is 3.92. The first-order valence-electron chi connectivity index (χ1n) is 5.85. The second kappa shape index (κ2) is 4.62. The van der Waals surface area contributed by atoms with E-state index in [2.05, 4.69) is 15.5 Å². The van der Waals surface area contributed by atoms with Gasteiger partial charge in [0.15, 0.2) is 5.13 Å². The Kier molecular flexibility index (Phi) is 2.94. The highest BCUT2D eigenvalue weighted by molar-refractivity contribution is 7.22. The van der Waals surface area contributed by atoms with Crippen molar-refractivity contribution in [3.8, 4) is 0 Å². The molecule has 2 aromatic heterocycles. The zero-order chi connectivity index (χ0) is 13.4. The third kappa shape index (κ3) is 2.31. The van der Waals surface area contributed by atoms with Gasteiger partial charge in [-0.3, -0.25) is 0 Å². The highest BCUT2D eigenvalue weighted by Gasteiger charge is 2.10. The van der Waals surface area contributed by atoms with Gasteiger partial charge >= 0.3 is 0 Å². The lowest BCUT2D eigenvalue weighted by Gasteiger charge is -2.00. The molecule has 0 aliphatic heterocycles. The maximum Gasteiger partial charge on any atom is 0.184 e. The number of anilines is 1. The summed E-state index contributed by atoms with van der Waals surface area (Å²) in [6.07, 6.45) is 0. The molecular formula is C13H12FN3OS. The topological polar surface area (TPSA) is 51.0 Å². The summed E-state index contributed by atoms with van der Waals surface area (Å²) in [5.74, 6) is 0.561. The fraction of sp³-hybridized carbons (Fsp3) is 0.231. The molecule has 0 atom stereocenters. The molecule has 19 heavy (non-hydrogen) atoms. The lowest BCUT2D eigenvalue weighted by molar-refractivity contribution is 0.392. The van der Waals surface area contributed by atoms with Crippen LogP contribution >= 0.6 is 11.3 Å². The molecule has 0 amide bonds. The molecule has 0 saturated carbocycles. The van der Waals surface area contributed by atoms with E-state index in [9.17, 15) is 4.39 Å². The molecule has 6 heteroatoms. The number of halogens is 1. The Balaban J connectivity index is 1.82. The normalized spacial score (nSPS) is 11.1. The van der Waals surface area contributed by atoms with Crippen molar-refractivity contribution in [2.24, 2.45) is 0 Å². The van der Waals surface area contributed by atoms with Gasteiger partial charge in [-0.1, -0.05) is 16.5 Å². The lowest BCUT2D eigenvalue weighted by Crippen LogP contribution is -2.00. The zero-order valence-corrected chi connectivity index (χ0v) is 11.3. The average Bonchev–Trinajstić information content (AvgIpc) is 2.91. The van der Waals surface area contributed by atoms with Gasteiger partial charge in [0, 0.05) is 12.1 Å². The van der Waals surface area contributed by atoms with E-state index in [-0.39, 0.29) is 5.82 Å². The summed E-state index contributed by atoms with van der Waals surface area (Å²) in [5, 5.41) is 7.89. The summed E-state index contributed by atoms with van der Waals surface area (Å²) in [4.78, 5) is 4.40. The van der Waals surface area contributed by atoms with Crippen LogP contribution < -0.4 is 5.32 Å². The van der Waals surface area contributed by atoms with Crippen molar-refractivity contribution in [2.75, 3.05) is 5.32 Å². The second-order valence-corrected chi connectivity index (χ2v) is 5.32. The Morgan fingerprint density at radius 3 is 2.95 bits per heavy atom. The summed E-state index contributed by atoms with van der Waals surface area (Å²) in [6, 6.07) is 4.59. The Bertz CT molecular complexity index is 715. The van der Waals surface area contributed by atoms with Gasteiger partial charge in [-0.25, -0.2) is 9.37 Å². The first-order chi connectivity index (χ1) is 9.13. The van der Waals surface area contributed by atoms with Crippen molar-refractivity contribution < 1.29 is 8.91 Å². The molecule has 1 aromatic carbocycles. The van der Waals surface area contributed by atoms with Crippen LogP contribution in [-0.4, -0.2) is 10.1 Å². The second-order valence-electron chi connectivity index (χ2n) is 4.29. The molecule has 3 rings (SSSR count). The van der Waals surface area contributed by atoms with Crippen LogP contribution in [0.3, 0.4) is 0 Å². The highest BCUT2D eigenvalue weighted by Crippen LogP contribution is 2.27. The number of hydrogen-bond donors (Lipinski definition) is 1. The molecule has 1 N–H and O–H groups in total. The highest BCUT2D eigenvalue weighted by atomic mass is 32.1. The van der Waals surface area contributed by atoms with Crippen LogP contribution in [0.1, 0.15) is 17.0 Å². The van der Waals surface area contributed by atoms with Gasteiger partial charge in [0.2, 0.25) is 0 Å². The largest absolute Gasteiger partial charge is 0.361 e. The summed E-state index contributed by atoms with van der Waals surface area (Å²) in [7, 11) is 0. The van der Waals surface area contributed by atoms with E-state index in [0.717, 1.165) is 32.4 Å². The van der Waals surface area contributed by atoms with Crippen LogP contribution in [0.2, 0.25) is 0 Å². The summed E-state index contributed by atoms with van der Waals surface area (Å²) in [6.45, 7) is 4.38. The fourth-order valence-corrected chi connectivity index (χ4v) is 2.78. The molecule has 0 radical (unpaired) electrons. The predicted octanol–water partition coefficient (Wildman–Crippen LogP) is 3.65. The molecule has 0 bridgehead atoms. The smallest absolute Gasteiger partial charge is 0.184 e. The minimum absolute atomic E-state index is 0.242. The zero-order valence-electron chi connectivity index (χ0n) is 10.5. The molecule has 0 fully saturated rings. The van der Waals surface area contributed by atoms with Crippen LogP contribution in [0.5, 0.6) is 0 Å². The summed E-state index contributed by atoms with van der Waals surface area (Å²) >= 11 is 1.43. The maximum absolute atomic E-state index is 13.1. The first-order valence-corrected chi connectivity index (χ1v) is 6.67. The van der Waals surface area contributed by atoms with Crippen molar-refractivity contribution in [1.29, 1.82) is 0 Å². The molecular weight excluding hydrogens is 265 g/mol. The number of nitrogens with one attached hydrogen (secondary N) is 1. The van der Waals surface area contributed by atoms with E-state index in [0.29, 0.717) is 6.54 Å². The van der Waals surface area contributed by atoms with Crippen LogP contribution in [0.15, 0.2) is 22.7 Å². The number of aryl methyl sites for hydroxylation is 2. The van der Waals surface area contributed by atoms with Gasteiger partial charge < -0.3 is 9.84 Å².